The molecule has 3 rings (SSSR count). The second-order valence-electron chi connectivity index (χ2n) is 9.91. The molecular formula is C28H39ClN2. The fraction of sp³-hybridized carbons (Fsp3) is 0.536. The number of halogens is 1. The fourth-order valence-corrected chi connectivity index (χ4v) is 4.36. The number of rotatable bonds is 3. The van der Waals surface area contributed by atoms with Crippen LogP contribution in [-0.4, -0.2) is 12.4 Å². The SMILES string of the molecule is CC(C)(C)c1ccc(C(NC2=NCCCCCCCCCC2)c2ccc(Cl)cc2)cc1. The maximum atomic E-state index is 6.18. The van der Waals surface area contributed by atoms with Crippen LogP contribution in [0.1, 0.15) is 101 Å². The second kappa shape index (κ2) is 11.7. The van der Waals surface area contributed by atoms with Gasteiger partial charge in [0.25, 0.3) is 0 Å². The summed E-state index contributed by atoms with van der Waals surface area (Å²) in [7, 11) is 0. The van der Waals surface area contributed by atoms with Crippen LogP contribution in [0.25, 0.3) is 0 Å². The van der Waals surface area contributed by atoms with Gasteiger partial charge >= 0.3 is 0 Å². The van der Waals surface area contributed by atoms with Gasteiger partial charge in [-0.15, -0.1) is 0 Å². The number of hydrogen-bond acceptors (Lipinski definition) is 2. The van der Waals surface area contributed by atoms with Crippen LogP contribution in [-0.2, 0) is 5.41 Å². The number of hydrogen-bond donors (Lipinski definition) is 1. The molecule has 0 fully saturated rings. The number of amidine groups is 1. The zero-order valence-corrected chi connectivity index (χ0v) is 20.3. The van der Waals surface area contributed by atoms with Crippen LogP contribution in [0.2, 0.25) is 5.02 Å². The van der Waals surface area contributed by atoms with E-state index in [1.807, 2.05) is 12.1 Å². The lowest BCUT2D eigenvalue weighted by Crippen LogP contribution is -2.30. The van der Waals surface area contributed by atoms with Crippen molar-refractivity contribution in [2.24, 2.45) is 4.99 Å². The molecule has 0 radical (unpaired) electrons. The fourth-order valence-electron chi connectivity index (χ4n) is 4.23. The molecule has 1 atom stereocenters. The van der Waals surface area contributed by atoms with E-state index in [1.165, 1.54) is 68.1 Å². The summed E-state index contributed by atoms with van der Waals surface area (Å²) in [4.78, 5) is 5.00. The van der Waals surface area contributed by atoms with E-state index in [2.05, 4.69) is 62.5 Å². The molecule has 1 aliphatic heterocycles. The van der Waals surface area contributed by atoms with Gasteiger partial charge < -0.3 is 5.32 Å². The van der Waals surface area contributed by atoms with E-state index in [4.69, 9.17) is 16.6 Å². The van der Waals surface area contributed by atoms with Gasteiger partial charge in [-0.05, 0) is 47.1 Å². The summed E-state index contributed by atoms with van der Waals surface area (Å²) in [5, 5.41) is 4.60. The minimum atomic E-state index is 0.0814. The van der Waals surface area contributed by atoms with Crippen LogP contribution in [0.4, 0.5) is 0 Å². The van der Waals surface area contributed by atoms with Crippen molar-refractivity contribution >= 4 is 17.4 Å². The molecule has 0 amide bonds. The zero-order chi connectivity index (χ0) is 22.1. The Balaban J connectivity index is 1.85. The standard InChI is InChI=1S/C28H39ClN2/c1-28(2,3)24-17-13-22(14-18-24)27(23-15-19-25(29)20-16-23)31-26-12-10-8-6-4-5-7-9-11-21-30-26/h13-20,27H,4-12,21H2,1-3H3,(H,30,31). The van der Waals surface area contributed by atoms with Crippen molar-refractivity contribution in [2.45, 2.75) is 90.0 Å². The molecule has 0 saturated heterocycles. The van der Waals surface area contributed by atoms with Crippen LogP contribution in [0.3, 0.4) is 0 Å². The average molecular weight is 439 g/mol. The molecule has 1 unspecified atom stereocenters. The lowest BCUT2D eigenvalue weighted by atomic mass is 9.85. The predicted octanol–water partition coefficient (Wildman–Crippen LogP) is 8.24. The van der Waals surface area contributed by atoms with Gasteiger partial charge in [0, 0.05) is 18.0 Å². The Morgan fingerprint density at radius 1 is 0.742 bits per heavy atom. The van der Waals surface area contributed by atoms with E-state index in [9.17, 15) is 0 Å². The molecule has 2 aromatic rings. The van der Waals surface area contributed by atoms with E-state index in [1.54, 1.807) is 0 Å². The van der Waals surface area contributed by atoms with Crippen molar-refractivity contribution in [1.29, 1.82) is 0 Å². The largest absolute Gasteiger partial charge is 0.363 e. The molecule has 2 aromatic carbocycles. The maximum Gasteiger partial charge on any atom is 0.0970 e. The van der Waals surface area contributed by atoms with Gasteiger partial charge in [0.2, 0.25) is 0 Å². The highest BCUT2D eigenvalue weighted by atomic mass is 35.5. The first-order valence-electron chi connectivity index (χ1n) is 12.1. The van der Waals surface area contributed by atoms with E-state index in [-0.39, 0.29) is 11.5 Å². The van der Waals surface area contributed by atoms with E-state index >= 15 is 0 Å². The Bertz CT molecular complexity index is 816. The molecule has 2 nitrogen and oxygen atoms in total. The lowest BCUT2D eigenvalue weighted by molar-refractivity contribution is 0.565. The molecule has 168 valence electrons. The predicted molar refractivity (Wildman–Crippen MR) is 135 cm³/mol. The number of nitrogens with zero attached hydrogens (tertiary/aromatic N) is 1. The van der Waals surface area contributed by atoms with Crippen molar-refractivity contribution < 1.29 is 0 Å². The molecule has 3 heteroatoms. The molecule has 0 saturated carbocycles. The topological polar surface area (TPSA) is 24.4 Å². The molecular weight excluding hydrogens is 400 g/mol. The highest BCUT2D eigenvalue weighted by Crippen LogP contribution is 2.28. The normalized spacial score (nSPS) is 17.7. The highest BCUT2D eigenvalue weighted by molar-refractivity contribution is 6.30. The Morgan fingerprint density at radius 2 is 1.26 bits per heavy atom. The lowest BCUT2D eigenvalue weighted by Gasteiger charge is -2.24. The van der Waals surface area contributed by atoms with Crippen molar-refractivity contribution in [3.05, 3.63) is 70.2 Å². The summed E-state index contributed by atoms with van der Waals surface area (Å²) in [5.74, 6) is 1.15. The zero-order valence-electron chi connectivity index (χ0n) is 19.6. The minimum Gasteiger partial charge on any atom is -0.363 e. The molecule has 0 spiro atoms. The van der Waals surface area contributed by atoms with Crippen molar-refractivity contribution in [2.75, 3.05) is 6.54 Å². The number of benzene rings is 2. The van der Waals surface area contributed by atoms with Crippen LogP contribution in [0.15, 0.2) is 53.5 Å². The molecule has 31 heavy (non-hydrogen) atoms. The van der Waals surface area contributed by atoms with Gasteiger partial charge in [-0.1, -0.05) is 107 Å². The summed E-state index contributed by atoms with van der Waals surface area (Å²) in [6.07, 6.45) is 11.5. The van der Waals surface area contributed by atoms with Crippen LogP contribution < -0.4 is 5.32 Å². The third kappa shape index (κ3) is 7.68. The molecule has 1 N–H and O–H groups in total. The summed E-state index contributed by atoms with van der Waals surface area (Å²) in [6, 6.07) is 17.4. The van der Waals surface area contributed by atoms with Gasteiger partial charge in [0.15, 0.2) is 0 Å². The Kier molecular flexibility index (Phi) is 9.02. The van der Waals surface area contributed by atoms with Gasteiger partial charge in [-0.3, -0.25) is 4.99 Å². The smallest absolute Gasteiger partial charge is 0.0970 e. The maximum absolute atomic E-state index is 6.18. The number of aliphatic imine (C=N–C) groups is 1. The Hall–Kier alpha value is -1.80. The molecule has 1 heterocycles. The first kappa shape index (κ1) is 23.9. The first-order valence-corrected chi connectivity index (χ1v) is 12.5. The van der Waals surface area contributed by atoms with E-state index < -0.39 is 0 Å². The third-order valence-electron chi connectivity index (χ3n) is 6.25. The monoisotopic (exact) mass is 438 g/mol. The van der Waals surface area contributed by atoms with Gasteiger partial charge in [-0.2, -0.15) is 0 Å². The van der Waals surface area contributed by atoms with Crippen molar-refractivity contribution in [3.8, 4) is 0 Å². The van der Waals surface area contributed by atoms with Crippen LogP contribution in [0, 0.1) is 0 Å². The molecule has 1 aliphatic rings. The molecule has 0 aromatic heterocycles. The quantitative estimate of drug-likeness (QED) is 0.512. The van der Waals surface area contributed by atoms with Crippen LogP contribution >= 0.6 is 11.6 Å². The third-order valence-corrected chi connectivity index (χ3v) is 6.50. The summed E-state index contributed by atoms with van der Waals surface area (Å²) >= 11 is 6.18. The average Bonchev–Trinajstić information content (AvgIpc) is 2.74. The first-order chi connectivity index (χ1) is 14.9. The van der Waals surface area contributed by atoms with Crippen LogP contribution in [0.5, 0.6) is 0 Å². The van der Waals surface area contributed by atoms with Crippen molar-refractivity contribution in [1.82, 2.24) is 5.32 Å². The van der Waals surface area contributed by atoms with Gasteiger partial charge in [-0.25, -0.2) is 0 Å². The summed E-state index contributed by atoms with van der Waals surface area (Å²) in [6.45, 7) is 7.71. The summed E-state index contributed by atoms with van der Waals surface area (Å²) in [5.41, 5.74) is 4.00. The second-order valence-corrected chi connectivity index (χ2v) is 10.3. The summed E-state index contributed by atoms with van der Waals surface area (Å²) < 4.78 is 0. The molecule has 0 aliphatic carbocycles. The molecule has 0 bridgehead atoms. The van der Waals surface area contributed by atoms with Crippen molar-refractivity contribution in [3.63, 3.8) is 0 Å². The van der Waals surface area contributed by atoms with Gasteiger partial charge in [0.05, 0.1) is 11.9 Å². The van der Waals surface area contributed by atoms with E-state index in [0.29, 0.717) is 0 Å². The Morgan fingerprint density at radius 3 is 1.84 bits per heavy atom. The highest BCUT2D eigenvalue weighted by Gasteiger charge is 2.18. The Labute approximate surface area is 194 Å². The van der Waals surface area contributed by atoms with Gasteiger partial charge in [0.1, 0.15) is 0 Å². The van der Waals surface area contributed by atoms with E-state index in [0.717, 1.165) is 23.8 Å². The minimum absolute atomic E-state index is 0.0814. The number of nitrogens with one attached hydrogen (secondary N) is 1.